The molecule has 0 aromatic carbocycles. The van der Waals surface area contributed by atoms with Gasteiger partial charge in [0.2, 0.25) is 5.91 Å². The lowest BCUT2D eigenvalue weighted by molar-refractivity contribution is -0.120. The Balaban J connectivity index is 1.64. The molecule has 154 valence electrons. The summed E-state index contributed by atoms with van der Waals surface area (Å²) < 4.78 is 24.9. The second-order valence-electron chi connectivity index (χ2n) is 6.45. The molecule has 4 N–H and O–H groups in total. The summed E-state index contributed by atoms with van der Waals surface area (Å²) in [6, 6.07) is 0. The van der Waals surface area contributed by atoms with Gasteiger partial charge in [-0.05, 0) is 0 Å². The number of aliphatic hydroxyl groups is 1. The molecule has 1 saturated heterocycles. The van der Waals surface area contributed by atoms with Crippen LogP contribution in [0.1, 0.15) is 23.9 Å². The average Bonchev–Trinajstić information content (AvgIpc) is 3.30. The van der Waals surface area contributed by atoms with Crippen LogP contribution in [-0.4, -0.2) is 56.7 Å². The average molecular weight is 424 g/mol. The van der Waals surface area contributed by atoms with E-state index in [0.29, 0.717) is 5.69 Å². The number of imidazole rings is 1. The van der Waals surface area contributed by atoms with E-state index < -0.39 is 38.1 Å². The molecule has 1 aliphatic rings. The van der Waals surface area contributed by atoms with Gasteiger partial charge in [0.25, 0.3) is 5.56 Å². The Labute approximate surface area is 167 Å². The lowest BCUT2D eigenvalue weighted by atomic mass is 10.2. The molecule has 0 aliphatic carbocycles. The van der Waals surface area contributed by atoms with Crippen molar-refractivity contribution in [3.05, 3.63) is 56.9 Å². The van der Waals surface area contributed by atoms with Crippen LogP contribution >= 0.6 is 8.41 Å². The fourth-order valence-corrected chi connectivity index (χ4v) is 3.41. The van der Waals surface area contributed by atoms with Crippen LogP contribution in [-0.2, 0) is 20.5 Å². The molecule has 2 aromatic rings. The first-order chi connectivity index (χ1) is 14.3. The highest BCUT2D eigenvalue weighted by Gasteiger charge is 2.37. The van der Waals surface area contributed by atoms with E-state index in [1.165, 1.54) is 18.6 Å². The van der Waals surface area contributed by atoms with Gasteiger partial charge in [0.05, 0.1) is 24.4 Å². The van der Waals surface area contributed by atoms with Crippen molar-refractivity contribution in [3.63, 3.8) is 0 Å². The maximum absolute atomic E-state index is 12.1. The smallest absolute Gasteiger partial charge is 0.388 e. The molecule has 29 heavy (non-hydrogen) atoms. The van der Waals surface area contributed by atoms with Crippen molar-refractivity contribution in [3.8, 4) is 0 Å². The lowest BCUT2D eigenvalue weighted by Gasteiger charge is -2.13. The summed E-state index contributed by atoms with van der Waals surface area (Å²) in [7, 11) is -2.26. The number of ether oxygens (including phenoxy) is 1. The molecule has 0 bridgehead atoms. The summed E-state index contributed by atoms with van der Waals surface area (Å²) in [5.41, 5.74) is -0.490. The zero-order valence-corrected chi connectivity index (χ0v) is 16.2. The minimum absolute atomic E-state index is 0.0621. The number of aromatic nitrogens is 4. The van der Waals surface area contributed by atoms with Crippen molar-refractivity contribution in [2.45, 2.75) is 31.3 Å². The second kappa shape index (κ2) is 9.55. The third-order valence-electron chi connectivity index (χ3n) is 4.38. The third-order valence-corrected chi connectivity index (χ3v) is 4.89. The zero-order chi connectivity index (χ0) is 21.7. The Morgan fingerprint density at radius 2 is 2.38 bits per heavy atom. The monoisotopic (exact) mass is 424 g/mol. The highest BCUT2D eigenvalue weighted by Crippen LogP contribution is 2.29. The SMILES string of the molecule is [3H][P+](=O)CC1OC(n2cc(C=CCNC(=O)Cc3cnc[nH]3)c(=O)[nH]c2=O)CC1O. The second-order valence-corrected chi connectivity index (χ2v) is 7.08. The Morgan fingerprint density at radius 3 is 3.10 bits per heavy atom. The molecule has 1 amide bonds. The fraction of sp³-hybridized carbons (Fsp3) is 0.412. The van der Waals surface area contributed by atoms with Crippen LogP contribution in [0.5, 0.6) is 0 Å². The van der Waals surface area contributed by atoms with Gasteiger partial charge in [0.1, 0.15) is 12.3 Å². The molecule has 1 fully saturated rings. The van der Waals surface area contributed by atoms with Gasteiger partial charge in [0, 0.05) is 31.1 Å². The molecule has 3 rings (SSSR count). The topological polar surface area (TPSA) is 159 Å². The number of carbonyl (C=O) groups excluding carboxylic acids is 1. The number of H-pyrrole nitrogens is 2. The Hall–Kier alpha value is -2.88. The number of amides is 1. The van der Waals surface area contributed by atoms with E-state index in [9.17, 15) is 24.1 Å². The Morgan fingerprint density at radius 1 is 1.55 bits per heavy atom. The van der Waals surface area contributed by atoms with E-state index in [0.717, 1.165) is 4.57 Å². The summed E-state index contributed by atoms with van der Waals surface area (Å²) in [5, 5.41) is 12.7. The molecule has 2 aromatic heterocycles. The van der Waals surface area contributed by atoms with Gasteiger partial charge < -0.3 is 20.1 Å². The first-order valence-electron chi connectivity index (χ1n) is 9.31. The summed E-state index contributed by atoms with van der Waals surface area (Å²) in [5.74, 6) is -0.227. The summed E-state index contributed by atoms with van der Waals surface area (Å²) in [6.07, 6.45) is 4.75. The number of carbonyl (C=O) groups is 1. The number of hydrogen-bond donors (Lipinski definition) is 4. The normalized spacial score (nSPS) is 22.6. The van der Waals surface area contributed by atoms with Crippen molar-refractivity contribution >= 4 is 20.4 Å². The minimum atomic E-state index is -2.26. The van der Waals surface area contributed by atoms with E-state index >= 15 is 0 Å². The molecule has 11 nitrogen and oxygen atoms in total. The first kappa shape index (κ1) is 19.4. The van der Waals surface area contributed by atoms with Crippen LogP contribution in [0.2, 0.25) is 0 Å². The number of hydrogen-bond acceptors (Lipinski definition) is 7. The molecule has 12 heteroatoms. The highest BCUT2D eigenvalue weighted by molar-refractivity contribution is 7.23. The maximum atomic E-state index is 12.1. The maximum Gasteiger partial charge on any atom is 0.388 e. The Kier molecular flexibility index (Phi) is 6.40. The van der Waals surface area contributed by atoms with Crippen molar-refractivity contribution in [1.29, 1.82) is 1.28 Å². The summed E-state index contributed by atoms with van der Waals surface area (Å²) >= 11 is 0. The van der Waals surface area contributed by atoms with Crippen LogP contribution in [0.25, 0.3) is 6.08 Å². The molecular weight excluding hydrogens is 401 g/mol. The van der Waals surface area contributed by atoms with Crippen molar-refractivity contribution in [2.24, 2.45) is 0 Å². The molecule has 0 saturated carbocycles. The van der Waals surface area contributed by atoms with Gasteiger partial charge in [0.15, 0.2) is 6.16 Å². The van der Waals surface area contributed by atoms with E-state index in [-0.39, 0.29) is 37.0 Å². The van der Waals surface area contributed by atoms with Crippen LogP contribution in [0.3, 0.4) is 0 Å². The number of nitrogens with zero attached hydrogens (tertiary/aromatic N) is 2. The largest absolute Gasteiger partial charge is 0.390 e. The van der Waals surface area contributed by atoms with E-state index in [2.05, 4.69) is 20.3 Å². The number of aliphatic hydroxyl groups excluding tert-OH is 1. The zero-order valence-electron chi connectivity index (χ0n) is 16.3. The van der Waals surface area contributed by atoms with Crippen molar-refractivity contribution in [1.82, 2.24) is 24.8 Å². The molecule has 1 aliphatic heterocycles. The first-order valence-corrected chi connectivity index (χ1v) is 9.86. The molecule has 4 unspecified atom stereocenters. The fourth-order valence-electron chi connectivity index (χ4n) is 2.93. The standard InChI is InChI=1S/C17H20N5O6P/c23-12-5-15(28-13(12)8-29-27)22-7-10(16(25)21-17(22)26)2-1-3-19-14(24)4-11-6-18-9-20-11/h1-2,6-7,9,12-13,15,23H,3-5,8H2,(H,18,20)(H,19,24)(H,21,25,26)/p+1/i/hT. The number of rotatable bonds is 8. The summed E-state index contributed by atoms with van der Waals surface area (Å²) in [4.78, 5) is 44.8. The number of aromatic amines is 2. The predicted molar refractivity (Wildman–Crippen MR) is 104 cm³/mol. The highest BCUT2D eigenvalue weighted by atomic mass is 31.1. The van der Waals surface area contributed by atoms with Gasteiger partial charge in [-0.15, -0.1) is 0 Å². The molecule has 0 radical (unpaired) electrons. The van der Waals surface area contributed by atoms with Crippen LogP contribution in [0.15, 0.2) is 34.4 Å². The lowest BCUT2D eigenvalue weighted by Crippen LogP contribution is -2.33. The third kappa shape index (κ3) is 5.35. The van der Waals surface area contributed by atoms with Gasteiger partial charge in [-0.2, -0.15) is 0 Å². The van der Waals surface area contributed by atoms with E-state index in [4.69, 9.17) is 6.02 Å². The number of nitrogens with one attached hydrogen (secondary N) is 3. The quantitative estimate of drug-likeness (QED) is 0.408. The Bertz CT molecular complexity index is 1050. The van der Waals surface area contributed by atoms with E-state index in [1.54, 1.807) is 12.3 Å². The molecule has 4 atom stereocenters. The van der Waals surface area contributed by atoms with Gasteiger partial charge in [-0.3, -0.25) is 19.1 Å². The van der Waals surface area contributed by atoms with Crippen LogP contribution < -0.4 is 16.6 Å². The predicted octanol–water partition coefficient (Wildman–Crippen LogP) is -0.696. The van der Waals surface area contributed by atoms with Gasteiger partial charge in [-0.1, -0.05) is 16.7 Å². The van der Waals surface area contributed by atoms with E-state index in [1.807, 2.05) is 0 Å². The molecule has 3 heterocycles. The minimum Gasteiger partial charge on any atom is -0.390 e. The van der Waals surface area contributed by atoms with Gasteiger partial charge in [-0.25, -0.2) is 9.78 Å². The van der Waals surface area contributed by atoms with Crippen molar-refractivity contribution < 1.29 is 19.2 Å². The summed E-state index contributed by atoms with van der Waals surface area (Å²) in [6.45, 7) is 0.169. The van der Waals surface area contributed by atoms with Gasteiger partial charge >= 0.3 is 15.4 Å². The van der Waals surface area contributed by atoms with Crippen LogP contribution in [0.4, 0.5) is 0 Å². The molecular formula is C17H21N5O6P+. The van der Waals surface area contributed by atoms with Crippen LogP contribution in [0, 0.1) is 0 Å². The molecule has 0 spiro atoms. The van der Waals surface area contributed by atoms with Crippen molar-refractivity contribution in [2.75, 3.05) is 12.7 Å².